The summed E-state index contributed by atoms with van der Waals surface area (Å²) in [6.07, 6.45) is 2.14. The van der Waals surface area contributed by atoms with Gasteiger partial charge in [0.05, 0.1) is 0 Å². The molecule has 1 rings (SSSR count). The minimum atomic E-state index is 0.217. The number of rotatable bonds is 8. The Morgan fingerprint density at radius 1 is 0.842 bits per heavy atom. The molecule has 0 radical (unpaired) electrons. The van der Waals surface area contributed by atoms with Gasteiger partial charge in [-0.2, -0.15) is 15.0 Å². The highest BCUT2D eigenvalue weighted by molar-refractivity contribution is 6.28. The summed E-state index contributed by atoms with van der Waals surface area (Å²) in [5.41, 5.74) is 0. The third-order valence-electron chi connectivity index (χ3n) is 2.62. The second-order valence-electron chi connectivity index (χ2n) is 5.47. The molecular formula is C13H24ClN5. The molecule has 1 aromatic heterocycles. The fourth-order valence-electron chi connectivity index (χ4n) is 1.45. The van der Waals surface area contributed by atoms with E-state index in [1.165, 1.54) is 0 Å². The summed E-state index contributed by atoms with van der Waals surface area (Å²) in [6.45, 7) is 10.4. The zero-order valence-corrected chi connectivity index (χ0v) is 13.0. The van der Waals surface area contributed by atoms with Gasteiger partial charge in [-0.15, -0.1) is 0 Å². The molecule has 0 aliphatic rings. The lowest BCUT2D eigenvalue weighted by Crippen LogP contribution is -2.12. The van der Waals surface area contributed by atoms with Crippen molar-refractivity contribution in [2.24, 2.45) is 11.8 Å². The average molecular weight is 286 g/mol. The van der Waals surface area contributed by atoms with Crippen LogP contribution in [0.15, 0.2) is 0 Å². The predicted octanol–water partition coefficient (Wildman–Crippen LogP) is 3.44. The number of hydrogen-bond acceptors (Lipinski definition) is 5. The van der Waals surface area contributed by atoms with E-state index < -0.39 is 0 Å². The third kappa shape index (κ3) is 7.15. The summed E-state index contributed by atoms with van der Waals surface area (Å²) in [5, 5.41) is 6.56. The Hall–Kier alpha value is -1.10. The van der Waals surface area contributed by atoms with Gasteiger partial charge < -0.3 is 10.6 Å². The Balaban J connectivity index is 2.51. The SMILES string of the molecule is CC(C)CCNc1nc(Cl)nc(NCCC(C)C)n1. The molecule has 0 amide bonds. The first-order valence-electron chi connectivity index (χ1n) is 6.86. The zero-order valence-electron chi connectivity index (χ0n) is 12.2. The highest BCUT2D eigenvalue weighted by Gasteiger charge is 2.05. The van der Waals surface area contributed by atoms with E-state index in [1.54, 1.807) is 0 Å². The average Bonchev–Trinajstić information content (AvgIpc) is 2.27. The van der Waals surface area contributed by atoms with Gasteiger partial charge in [-0.05, 0) is 36.3 Å². The molecular weight excluding hydrogens is 262 g/mol. The molecule has 0 saturated heterocycles. The molecule has 108 valence electrons. The Kier molecular flexibility index (Phi) is 6.84. The molecule has 0 atom stereocenters. The number of anilines is 2. The van der Waals surface area contributed by atoms with Gasteiger partial charge in [0.1, 0.15) is 0 Å². The first-order chi connectivity index (χ1) is 8.97. The lowest BCUT2D eigenvalue weighted by atomic mass is 10.1. The summed E-state index contributed by atoms with van der Waals surface area (Å²) in [7, 11) is 0. The first-order valence-corrected chi connectivity index (χ1v) is 7.24. The maximum absolute atomic E-state index is 5.89. The minimum Gasteiger partial charge on any atom is -0.354 e. The van der Waals surface area contributed by atoms with Crippen molar-refractivity contribution in [1.29, 1.82) is 0 Å². The zero-order chi connectivity index (χ0) is 14.3. The van der Waals surface area contributed by atoms with Gasteiger partial charge in [-0.1, -0.05) is 27.7 Å². The number of hydrogen-bond donors (Lipinski definition) is 2. The van der Waals surface area contributed by atoms with Crippen LogP contribution in [-0.4, -0.2) is 28.0 Å². The Morgan fingerprint density at radius 3 is 1.63 bits per heavy atom. The Bertz CT molecular complexity index is 349. The van der Waals surface area contributed by atoms with E-state index in [9.17, 15) is 0 Å². The van der Waals surface area contributed by atoms with Crippen molar-refractivity contribution >= 4 is 23.5 Å². The number of nitrogens with zero attached hydrogens (tertiary/aromatic N) is 3. The van der Waals surface area contributed by atoms with E-state index in [4.69, 9.17) is 11.6 Å². The van der Waals surface area contributed by atoms with Crippen LogP contribution in [0.3, 0.4) is 0 Å². The molecule has 0 spiro atoms. The van der Waals surface area contributed by atoms with Crippen molar-refractivity contribution in [2.75, 3.05) is 23.7 Å². The summed E-state index contributed by atoms with van der Waals surface area (Å²) in [5.74, 6) is 2.36. The van der Waals surface area contributed by atoms with E-state index in [0.717, 1.165) is 25.9 Å². The quantitative estimate of drug-likeness (QED) is 0.766. The molecule has 5 nitrogen and oxygen atoms in total. The normalized spacial score (nSPS) is 11.1. The predicted molar refractivity (Wildman–Crippen MR) is 80.7 cm³/mol. The topological polar surface area (TPSA) is 62.7 Å². The van der Waals surface area contributed by atoms with Crippen LogP contribution in [0.4, 0.5) is 11.9 Å². The molecule has 0 fully saturated rings. The molecule has 1 aromatic rings. The van der Waals surface area contributed by atoms with Crippen LogP contribution in [0.2, 0.25) is 5.28 Å². The molecule has 1 heterocycles. The van der Waals surface area contributed by atoms with Gasteiger partial charge in [0.25, 0.3) is 0 Å². The smallest absolute Gasteiger partial charge is 0.228 e. The number of halogens is 1. The third-order valence-corrected chi connectivity index (χ3v) is 2.79. The standard InChI is InChI=1S/C13H24ClN5/c1-9(2)5-7-15-12-17-11(14)18-13(19-12)16-8-6-10(3)4/h9-10H,5-8H2,1-4H3,(H2,15,16,17,18,19). The Morgan fingerprint density at radius 2 is 1.26 bits per heavy atom. The van der Waals surface area contributed by atoms with Gasteiger partial charge in [0.15, 0.2) is 0 Å². The second kappa shape index (κ2) is 8.15. The summed E-state index contributed by atoms with van der Waals surface area (Å²) in [6, 6.07) is 0. The van der Waals surface area contributed by atoms with Crippen molar-refractivity contribution in [3.8, 4) is 0 Å². The lowest BCUT2D eigenvalue weighted by Gasteiger charge is -2.10. The summed E-state index contributed by atoms with van der Waals surface area (Å²) < 4.78 is 0. The molecule has 0 aliphatic heterocycles. The van der Waals surface area contributed by atoms with Crippen molar-refractivity contribution in [1.82, 2.24) is 15.0 Å². The first kappa shape index (κ1) is 16.0. The molecule has 0 saturated carbocycles. The highest BCUT2D eigenvalue weighted by Crippen LogP contribution is 2.10. The van der Waals surface area contributed by atoms with E-state index in [2.05, 4.69) is 53.3 Å². The fraction of sp³-hybridized carbons (Fsp3) is 0.769. The maximum atomic E-state index is 5.89. The van der Waals surface area contributed by atoms with Gasteiger partial charge in [0, 0.05) is 13.1 Å². The molecule has 2 N–H and O–H groups in total. The maximum Gasteiger partial charge on any atom is 0.228 e. The number of aromatic nitrogens is 3. The number of nitrogens with one attached hydrogen (secondary N) is 2. The van der Waals surface area contributed by atoms with Crippen LogP contribution in [0.25, 0.3) is 0 Å². The van der Waals surface area contributed by atoms with E-state index in [-0.39, 0.29) is 5.28 Å². The molecule has 0 unspecified atom stereocenters. The fourth-order valence-corrected chi connectivity index (χ4v) is 1.61. The van der Waals surface area contributed by atoms with E-state index >= 15 is 0 Å². The van der Waals surface area contributed by atoms with Crippen molar-refractivity contribution < 1.29 is 0 Å². The van der Waals surface area contributed by atoms with Gasteiger partial charge in [-0.3, -0.25) is 0 Å². The minimum absolute atomic E-state index is 0.217. The van der Waals surface area contributed by atoms with Gasteiger partial charge in [-0.25, -0.2) is 0 Å². The lowest BCUT2D eigenvalue weighted by molar-refractivity contribution is 0.604. The molecule has 0 aromatic carbocycles. The Labute approximate surface area is 120 Å². The monoisotopic (exact) mass is 285 g/mol. The van der Waals surface area contributed by atoms with Crippen LogP contribution >= 0.6 is 11.6 Å². The molecule has 19 heavy (non-hydrogen) atoms. The van der Waals surface area contributed by atoms with Crippen LogP contribution in [0.5, 0.6) is 0 Å². The second-order valence-corrected chi connectivity index (χ2v) is 5.81. The van der Waals surface area contributed by atoms with Crippen LogP contribution < -0.4 is 10.6 Å². The molecule has 0 aliphatic carbocycles. The summed E-state index contributed by atoms with van der Waals surface area (Å²) >= 11 is 5.89. The van der Waals surface area contributed by atoms with Crippen molar-refractivity contribution in [3.05, 3.63) is 5.28 Å². The largest absolute Gasteiger partial charge is 0.354 e. The summed E-state index contributed by atoms with van der Waals surface area (Å²) in [4.78, 5) is 12.4. The van der Waals surface area contributed by atoms with Crippen molar-refractivity contribution in [3.63, 3.8) is 0 Å². The van der Waals surface area contributed by atoms with Gasteiger partial charge >= 0.3 is 0 Å². The van der Waals surface area contributed by atoms with Gasteiger partial charge in [0.2, 0.25) is 17.2 Å². The van der Waals surface area contributed by atoms with E-state index in [1.807, 2.05) is 0 Å². The van der Waals surface area contributed by atoms with Crippen molar-refractivity contribution in [2.45, 2.75) is 40.5 Å². The molecule has 0 bridgehead atoms. The van der Waals surface area contributed by atoms with Crippen LogP contribution in [0, 0.1) is 11.8 Å². The highest BCUT2D eigenvalue weighted by atomic mass is 35.5. The molecule has 6 heteroatoms. The van der Waals surface area contributed by atoms with Crippen LogP contribution in [0.1, 0.15) is 40.5 Å². The van der Waals surface area contributed by atoms with E-state index in [0.29, 0.717) is 23.7 Å². The van der Waals surface area contributed by atoms with Crippen LogP contribution in [-0.2, 0) is 0 Å².